The van der Waals surface area contributed by atoms with E-state index in [1.807, 2.05) is 0 Å². The molecule has 1 aromatic carbocycles. The van der Waals surface area contributed by atoms with E-state index in [2.05, 4.69) is 5.32 Å². The van der Waals surface area contributed by atoms with Crippen molar-refractivity contribution in [2.24, 2.45) is 0 Å². The number of methoxy groups -OCH3 is 1. The van der Waals surface area contributed by atoms with Gasteiger partial charge in [0.1, 0.15) is 11.4 Å². The Labute approximate surface area is 131 Å². The van der Waals surface area contributed by atoms with E-state index in [0.29, 0.717) is 17.9 Å². The molecule has 0 saturated carbocycles. The van der Waals surface area contributed by atoms with Crippen LogP contribution in [-0.2, 0) is 4.74 Å². The lowest BCUT2D eigenvalue weighted by Crippen LogP contribution is -2.32. The molecule has 120 valence electrons. The van der Waals surface area contributed by atoms with Gasteiger partial charge in [-0.25, -0.2) is 4.79 Å². The van der Waals surface area contributed by atoms with Crippen LogP contribution in [0.2, 0.25) is 0 Å². The maximum absolute atomic E-state index is 11.5. The first-order valence-electron chi connectivity index (χ1n) is 7.05. The zero-order valence-corrected chi connectivity index (χ0v) is 13.7. The lowest BCUT2D eigenvalue weighted by Gasteiger charge is -2.19. The average Bonchev–Trinajstić information content (AvgIpc) is 2.41. The number of amides is 1. The number of carbonyl (C=O) groups is 2. The number of ether oxygens (including phenoxy) is 2. The minimum Gasteiger partial charge on any atom is -0.496 e. The zero-order chi connectivity index (χ0) is 16.8. The molecule has 0 spiro atoms. The molecule has 1 aromatic rings. The number of hydrogen-bond acceptors (Lipinski definition) is 4. The van der Waals surface area contributed by atoms with Crippen molar-refractivity contribution < 1.29 is 19.1 Å². The summed E-state index contributed by atoms with van der Waals surface area (Å²) in [5, 5.41) is 2.63. The Morgan fingerprint density at radius 3 is 2.50 bits per heavy atom. The van der Waals surface area contributed by atoms with Crippen LogP contribution in [0.15, 0.2) is 24.3 Å². The number of rotatable bonds is 5. The maximum Gasteiger partial charge on any atom is 0.407 e. The summed E-state index contributed by atoms with van der Waals surface area (Å²) in [6.07, 6.45) is 3.09. The van der Waals surface area contributed by atoms with Crippen LogP contribution in [0.1, 0.15) is 43.6 Å². The summed E-state index contributed by atoms with van der Waals surface area (Å²) in [4.78, 5) is 22.9. The van der Waals surface area contributed by atoms with E-state index in [1.165, 1.54) is 6.92 Å². The molecule has 1 rings (SSSR count). The molecule has 22 heavy (non-hydrogen) atoms. The topological polar surface area (TPSA) is 64.6 Å². The van der Waals surface area contributed by atoms with Gasteiger partial charge in [-0.15, -0.1) is 0 Å². The number of ketones is 1. The van der Waals surface area contributed by atoms with Crippen molar-refractivity contribution >= 4 is 18.0 Å². The van der Waals surface area contributed by atoms with Gasteiger partial charge in [-0.1, -0.05) is 12.2 Å². The normalized spacial score (nSPS) is 11.3. The predicted octanol–water partition coefficient (Wildman–Crippen LogP) is 3.44. The lowest BCUT2D eigenvalue weighted by atomic mass is 10.1. The molecular weight excluding hydrogens is 282 g/mol. The molecule has 0 heterocycles. The summed E-state index contributed by atoms with van der Waals surface area (Å²) < 4.78 is 10.4. The molecule has 0 atom stereocenters. The first-order chi connectivity index (χ1) is 10.2. The molecule has 0 unspecified atom stereocenters. The Morgan fingerprint density at radius 1 is 1.27 bits per heavy atom. The third kappa shape index (κ3) is 5.99. The third-order valence-corrected chi connectivity index (χ3v) is 2.70. The van der Waals surface area contributed by atoms with Crippen molar-refractivity contribution in [3.05, 3.63) is 35.4 Å². The van der Waals surface area contributed by atoms with Gasteiger partial charge in [-0.2, -0.15) is 0 Å². The SMILES string of the molecule is COc1ccc(C(C)=O)cc1C=CCNC(=O)OC(C)(C)C. The van der Waals surface area contributed by atoms with Gasteiger partial charge in [-0.3, -0.25) is 4.79 Å². The van der Waals surface area contributed by atoms with Crippen molar-refractivity contribution in [1.82, 2.24) is 5.32 Å². The van der Waals surface area contributed by atoms with E-state index in [-0.39, 0.29) is 5.78 Å². The molecule has 1 N–H and O–H groups in total. The molecule has 0 radical (unpaired) electrons. The smallest absolute Gasteiger partial charge is 0.407 e. The Hall–Kier alpha value is -2.30. The number of benzene rings is 1. The van der Waals surface area contributed by atoms with E-state index in [1.54, 1.807) is 58.2 Å². The van der Waals surface area contributed by atoms with Crippen LogP contribution in [0.5, 0.6) is 5.75 Å². The van der Waals surface area contributed by atoms with Gasteiger partial charge in [0.2, 0.25) is 0 Å². The Kier molecular flexibility index (Phi) is 6.16. The number of Topliss-reactive ketones (excluding diaryl/α,β-unsaturated/α-hetero) is 1. The number of hydrogen-bond donors (Lipinski definition) is 1. The predicted molar refractivity (Wildman–Crippen MR) is 86.3 cm³/mol. The van der Waals surface area contributed by atoms with Gasteiger partial charge in [0, 0.05) is 17.7 Å². The standard InChI is InChI=1S/C17H23NO4/c1-12(19)13-8-9-15(21-5)14(11-13)7-6-10-18-16(20)22-17(2,3)4/h6-9,11H,10H2,1-5H3,(H,18,20). The van der Waals surface area contributed by atoms with Crippen molar-refractivity contribution in [2.75, 3.05) is 13.7 Å². The Morgan fingerprint density at radius 2 is 1.95 bits per heavy atom. The van der Waals surface area contributed by atoms with Crippen molar-refractivity contribution in [3.63, 3.8) is 0 Å². The second-order valence-corrected chi connectivity index (χ2v) is 5.80. The summed E-state index contributed by atoms with van der Waals surface area (Å²) in [7, 11) is 1.57. The highest BCUT2D eigenvalue weighted by Gasteiger charge is 2.15. The van der Waals surface area contributed by atoms with Crippen molar-refractivity contribution in [1.29, 1.82) is 0 Å². The molecule has 1 amide bonds. The Bertz CT molecular complexity index is 571. The summed E-state index contributed by atoms with van der Waals surface area (Å²) in [6, 6.07) is 5.22. The second kappa shape index (κ2) is 7.64. The van der Waals surface area contributed by atoms with Gasteiger partial charge in [0.05, 0.1) is 7.11 Å². The van der Waals surface area contributed by atoms with Crippen LogP contribution < -0.4 is 10.1 Å². The van der Waals surface area contributed by atoms with Crippen molar-refractivity contribution in [3.8, 4) is 5.75 Å². The minimum atomic E-state index is -0.521. The van der Waals surface area contributed by atoms with Crippen LogP contribution in [0.25, 0.3) is 6.08 Å². The molecule has 0 saturated heterocycles. The molecule has 0 aliphatic heterocycles. The van der Waals surface area contributed by atoms with Crippen molar-refractivity contribution in [2.45, 2.75) is 33.3 Å². The quantitative estimate of drug-likeness (QED) is 0.846. The van der Waals surface area contributed by atoms with E-state index >= 15 is 0 Å². The highest BCUT2D eigenvalue weighted by atomic mass is 16.6. The summed E-state index contributed by atoms with van der Waals surface area (Å²) in [6.45, 7) is 7.25. The van der Waals surface area contributed by atoms with Crippen LogP contribution in [0.4, 0.5) is 4.79 Å². The fourth-order valence-electron chi connectivity index (χ4n) is 1.73. The minimum absolute atomic E-state index is 0.0100. The fraction of sp³-hybridized carbons (Fsp3) is 0.412. The van der Waals surface area contributed by atoms with Gasteiger partial charge in [0.25, 0.3) is 0 Å². The van der Waals surface area contributed by atoms with Gasteiger partial charge in [-0.05, 0) is 45.9 Å². The number of carbonyl (C=O) groups excluding carboxylic acids is 2. The fourth-order valence-corrected chi connectivity index (χ4v) is 1.73. The zero-order valence-electron chi connectivity index (χ0n) is 13.7. The number of alkyl carbamates (subject to hydrolysis) is 1. The molecule has 0 aromatic heterocycles. The molecular formula is C17H23NO4. The van der Waals surface area contributed by atoms with E-state index in [9.17, 15) is 9.59 Å². The van der Waals surface area contributed by atoms with Gasteiger partial charge < -0.3 is 14.8 Å². The van der Waals surface area contributed by atoms with E-state index in [4.69, 9.17) is 9.47 Å². The second-order valence-electron chi connectivity index (χ2n) is 5.80. The summed E-state index contributed by atoms with van der Waals surface area (Å²) in [5.41, 5.74) is 0.870. The average molecular weight is 305 g/mol. The molecule has 0 aliphatic rings. The summed E-state index contributed by atoms with van der Waals surface area (Å²) >= 11 is 0. The van der Waals surface area contributed by atoms with Crippen LogP contribution in [0, 0.1) is 0 Å². The monoisotopic (exact) mass is 305 g/mol. The van der Waals surface area contributed by atoms with Gasteiger partial charge >= 0.3 is 6.09 Å². The Balaban J connectivity index is 2.68. The van der Waals surface area contributed by atoms with Gasteiger partial charge in [0.15, 0.2) is 5.78 Å². The highest BCUT2D eigenvalue weighted by molar-refractivity contribution is 5.95. The van der Waals surface area contributed by atoms with Crippen LogP contribution >= 0.6 is 0 Å². The van der Waals surface area contributed by atoms with E-state index < -0.39 is 11.7 Å². The molecule has 0 bridgehead atoms. The first-order valence-corrected chi connectivity index (χ1v) is 7.05. The largest absolute Gasteiger partial charge is 0.496 e. The first kappa shape index (κ1) is 17.8. The third-order valence-electron chi connectivity index (χ3n) is 2.70. The van der Waals surface area contributed by atoms with Crippen LogP contribution in [-0.4, -0.2) is 31.1 Å². The van der Waals surface area contributed by atoms with E-state index in [0.717, 1.165) is 5.56 Å². The molecule has 0 aliphatic carbocycles. The number of nitrogens with one attached hydrogen (secondary N) is 1. The highest BCUT2D eigenvalue weighted by Crippen LogP contribution is 2.21. The maximum atomic E-state index is 11.5. The van der Waals surface area contributed by atoms with Crippen LogP contribution in [0.3, 0.4) is 0 Å². The lowest BCUT2D eigenvalue weighted by molar-refractivity contribution is 0.0534. The summed E-state index contributed by atoms with van der Waals surface area (Å²) in [5.74, 6) is 0.655. The molecule has 5 nitrogen and oxygen atoms in total. The molecule has 0 fully saturated rings. The molecule has 5 heteroatoms.